The van der Waals surface area contributed by atoms with Crippen molar-refractivity contribution in [2.75, 3.05) is 0 Å². The van der Waals surface area contributed by atoms with Crippen LogP contribution in [0.3, 0.4) is 0 Å². The second-order valence-corrected chi connectivity index (χ2v) is 15.3. The fraction of sp³-hybridized carbons (Fsp3) is 0. The summed E-state index contributed by atoms with van der Waals surface area (Å²) in [6.45, 7) is 0. The number of hydrogen-bond acceptors (Lipinski definition) is 4. The topological polar surface area (TPSA) is 30.7 Å². The van der Waals surface area contributed by atoms with Crippen LogP contribution in [-0.4, -0.2) is 14.5 Å². The Balaban J connectivity index is 1.33. The first-order valence-electron chi connectivity index (χ1n) is 17.2. The lowest BCUT2D eigenvalue weighted by molar-refractivity contribution is 1.09. The number of thiophene rings is 2. The van der Waals surface area contributed by atoms with Crippen LogP contribution in [0.2, 0.25) is 0 Å². The monoisotopic (exact) mass is 683 g/mol. The molecule has 0 spiro atoms. The SMILES string of the molecule is c1ccc2c(c1)ccc1c2sc2c1c1ccccc1c1c3ccccc3n(-c3nc4ccccc4nc3-c3cccc4c3sc3ccccc34)c21. The molecule has 12 aromatic rings. The first-order chi connectivity index (χ1) is 25.3. The number of aromatic nitrogens is 3. The van der Waals surface area contributed by atoms with Crippen molar-refractivity contribution in [3.8, 4) is 17.1 Å². The molecule has 0 unspecified atom stereocenters. The summed E-state index contributed by atoms with van der Waals surface area (Å²) >= 11 is 3.74. The van der Waals surface area contributed by atoms with Crippen molar-refractivity contribution >= 4 is 117 Å². The highest BCUT2D eigenvalue weighted by molar-refractivity contribution is 7.28. The van der Waals surface area contributed by atoms with E-state index >= 15 is 0 Å². The molecule has 236 valence electrons. The third kappa shape index (κ3) is 3.71. The van der Waals surface area contributed by atoms with Gasteiger partial charge in [0.15, 0.2) is 5.82 Å². The van der Waals surface area contributed by atoms with Crippen LogP contribution in [0.1, 0.15) is 0 Å². The fourth-order valence-corrected chi connectivity index (χ4v) is 11.0. The average molecular weight is 684 g/mol. The average Bonchev–Trinajstić information content (AvgIpc) is 3.88. The Bertz CT molecular complexity index is 3440. The minimum absolute atomic E-state index is 0.851. The summed E-state index contributed by atoms with van der Waals surface area (Å²) in [6.07, 6.45) is 0. The standard InChI is InChI=1S/C46H25N3S2/c1-2-13-27-26(12-1)24-25-33-40-30-16-4-3-15-29(30)39-32-17-5-9-22-37(32)49(42(39)45(40)51-43(27)33)46-41(47-35-20-7-8-21-36(35)48-46)34-19-11-18-31-28-14-6-10-23-38(28)50-44(31)34/h1-25H. The van der Waals surface area contributed by atoms with Crippen LogP contribution in [0.4, 0.5) is 0 Å². The van der Waals surface area contributed by atoms with Gasteiger partial charge in [0.25, 0.3) is 0 Å². The van der Waals surface area contributed by atoms with Gasteiger partial charge in [-0.25, -0.2) is 9.97 Å². The van der Waals surface area contributed by atoms with Crippen molar-refractivity contribution in [2.45, 2.75) is 0 Å². The van der Waals surface area contributed by atoms with Crippen molar-refractivity contribution in [2.24, 2.45) is 0 Å². The van der Waals surface area contributed by atoms with E-state index in [-0.39, 0.29) is 0 Å². The van der Waals surface area contributed by atoms with Crippen molar-refractivity contribution < 1.29 is 0 Å². The zero-order valence-electron chi connectivity index (χ0n) is 27.1. The maximum atomic E-state index is 5.56. The molecule has 0 amide bonds. The van der Waals surface area contributed by atoms with Gasteiger partial charge in [0.2, 0.25) is 0 Å². The molecule has 51 heavy (non-hydrogen) atoms. The molecule has 0 aliphatic rings. The summed E-state index contributed by atoms with van der Waals surface area (Å²) in [4.78, 5) is 11.0. The molecule has 12 rings (SSSR count). The van der Waals surface area contributed by atoms with Gasteiger partial charge in [-0.15, -0.1) is 22.7 Å². The van der Waals surface area contributed by atoms with Gasteiger partial charge >= 0.3 is 0 Å². The van der Waals surface area contributed by atoms with Gasteiger partial charge in [-0.1, -0.05) is 127 Å². The molecular formula is C46H25N3S2. The number of fused-ring (bicyclic) bond motifs is 16. The predicted molar refractivity (Wildman–Crippen MR) is 220 cm³/mol. The largest absolute Gasteiger partial charge is 0.290 e. The van der Waals surface area contributed by atoms with Crippen molar-refractivity contribution in [3.63, 3.8) is 0 Å². The van der Waals surface area contributed by atoms with E-state index in [9.17, 15) is 0 Å². The van der Waals surface area contributed by atoms with Crippen LogP contribution in [-0.2, 0) is 0 Å². The van der Waals surface area contributed by atoms with Crippen molar-refractivity contribution in [1.82, 2.24) is 14.5 Å². The molecule has 0 aliphatic carbocycles. The molecule has 0 radical (unpaired) electrons. The summed E-state index contributed by atoms with van der Waals surface area (Å²) in [5.41, 5.74) is 6.07. The lowest BCUT2D eigenvalue weighted by Gasteiger charge is -2.15. The van der Waals surface area contributed by atoms with Crippen LogP contribution in [0.15, 0.2) is 152 Å². The van der Waals surface area contributed by atoms with Crippen molar-refractivity contribution in [3.05, 3.63) is 152 Å². The number of para-hydroxylation sites is 3. The zero-order chi connectivity index (χ0) is 33.2. The Hall–Kier alpha value is -6.14. The highest BCUT2D eigenvalue weighted by atomic mass is 32.1. The molecule has 4 aromatic heterocycles. The summed E-state index contributed by atoms with van der Waals surface area (Å²) in [5.74, 6) is 0.851. The minimum atomic E-state index is 0.851. The maximum absolute atomic E-state index is 5.56. The number of hydrogen-bond donors (Lipinski definition) is 0. The summed E-state index contributed by atoms with van der Waals surface area (Å²) in [6, 6.07) is 54.8. The fourth-order valence-electron chi connectivity index (χ4n) is 8.39. The normalized spacial score (nSPS) is 12.3. The van der Waals surface area contributed by atoms with Crippen LogP contribution in [0, 0.1) is 0 Å². The molecule has 0 saturated carbocycles. The van der Waals surface area contributed by atoms with Crippen LogP contribution in [0.5, 0.6) is 0 Å². The molecule has 0 saturated heterocycles. The molecular weight excluding hydrogens is 659 g/mol. The van der Waals surface area contributed by atoms with Gasteiger partial charge < -0.3 is 0 Å². The van der Waals surface area contributed by atoms with Gasteiger partial charge in [0.1, 0.15) is 5.69 Å². The Morgan fingerprint density at radius 1 is 0.412 bits per heavy atom. The lowest BCUT2D eigenvalue weighted by atomic mass is 9.98. The van der Waals surface area contributed by atoms with Crippen LogP contribution < -0.4 is 0 Å². The molecule has 3 nitrogen and oxygen atoms in total. The van der Waals surface area contributed by atoms with E-state index in [1.165, 1.54) is 78.2 Å². The number of benzene rings is 8. The van der Waals surface area contributed by atoms with Gasteiger partial charge in [0.05, 0.1) is 26.8 Å². The summed E-state index contributed by atoms with van der Waals surface area (Å²) in [5, 5.41) is 12.7. The molecule has 0 N–H and O–H groups in total. The van der Waals surface area contributed by atoms with Gasteiger partial charge in [0, 0.05) is 52.0 Å². The third-order valence-corrected chi connectivity index (χ3v) is 13.0. The first-order valence-corrected chi connectivity index (χ1v) is 18.8. The van der Waals surface area contributed by atoms with Crippen LogP contribution in [0.25, 0.3) is 112 Å². The predicted octanol–water partition coefficient (Wildman–Crippen LogP) is 13.4. The maximum Gasteiger partial charge on any atom is 0.165 e. The molecule has 0 atom stereocenters. The number of nitrogens with zero attached hydrogens (tertiary/aromatic N) is 3. The molecule has 8 aromatic carbocycles. The molecule has 0 aliphatic heterocycles. The first kappa shape index (κ1) is 27.7. The second kappa shape index (κ2) is 10.2. The smallest absolute Gasteiger partial charge is 0.165 e. The van der Waals surface area contributed by atoms with Gasteiger partial charge in [-0.2, -0.15) is 0 Å². The molecule has 0 fully saturated rings. The van der Waals surface area contributed by atoms with E-state index < -0.39 is 0 Å². The second-order valence-electron chi connectivity index (χ2n) is 13.3. The van der Waals surface area contributed by atoms with E-state index in [4.69, 9.17) is 9.97 Å². The highest BCUT2D eigenvalue weighted by Crippen LogP contribution is 2.50. The Labute approximate surface area is 299 Å². The Kier molecular flexibility index (Phi) is 5.53. The van der Waals surface area contributed by atoms with E-state index in [0.29, 0.717) is 0 Å². The quantitative estimate of drug-likeness (QED) is 0.182. The van der Waals surface area contributed by atoms with Gasteiger partial charge in [-0.3, -0.25) is 4.57 Å². The Morgan fingerprint density at radius 3 is 1.94 bits per heavy atom. The van der Waals surface area contributed by atoms with E-state index in [2.05, 4.69) is 156 Å². The third-order valence-electron chi connectivity index (χ3n) is 10.6. The van der Waals surface area contributed by atoms with Gasteiger partial charge in [-0.05, 0) is 45.8 Å². The molecule has 0 bridgehead atoms. The Morgan fingerprint density at radius 2 is 1.08 bits per heavy atom. The lowest BCUT2D eigenvalue weighted by Crippen LogP contribution is -2.04. The molecule has 5 heteroatoms. The molecule has 4 heterocycles. The minimum Gasteiger partial charge on any atom is -0.290 e. The zero-order valence-corrected chi connectivity index (χ0v) is 28.7. The van der Waals surface area contributed by atoms with E-state index in [1.54, 1.807) is 0 Å². The van der Waals surface area contributed by atoms with Crippen molar-refractivity contribution in [1.29, 1.82) is 0 Å². The summed E-state index contributed by atoms with van der Waals surface area (Å²) < 4.78 is 7.52. The van der Waals surface area contributed by atoms with E-state index in [1.807, 2.05) is 22.7 Å². The van der Waals surface area contributed by atoms with Crippen LogP contribution >= 0.6 is 22.7 Å². The summed E-state index contributed by atoms with van der Waals surface area (Å²) in [7, 11) is 0. The highest BCUT2D eigenvalue weighted by Gasteiger charge is 2.26. The van der Waals surface area contributed by atoms with E-state index in [0.717, 1.165) is 33.6 Å². The number of rotatable bonds is 2.